The molecule has 0 aliphatic heterocycles. The number of primary amides is 1. The average molecular weight is 643 g/mol. The Morgan fingerprint density at radius 1 is 1.00 bits per heavy atom. The van der Waals surface area contributed by atoms with Gasteiger partial charge in [-0.3, -0.25) is 24.0 Å². The number of rotatable bonds is 7. The van der Waals surface area contributed by atoms with Crippen LogP contribution in [0.25, 0.3) is 0 Å². The fourth-order valence-electron chi connectivity index (χ4n) is 4.54. The molecule has 8 N–H and O–H groups in total. The Bertz CT molecular complexity index is 1520. The number of aromatic hydroxyl groups is 1. The van der Waals surface area contributed by atoms with Crippen LogP contribution in [0.15, 0.2) is 28.7 Å². The molecule has 0 unspecified atom stereocenters. The fourth-order valence-corrected chi connectivity index (χ4v) is 4.54. The lowest BCUT2D eigenvalue weighted by molar-refractivity contribution is -0.192. The Hall–Kier alpha value is -4.93. The van der Waals surface area contributed by atoms with E-state index in [0.717, 1.165) is 0 Å². The van der Waals surface area contributed by atoms with E-state index in [-0.39, 0.29) is 48.3 Å². The average Bonchev–Trinajstić information content (AvgIpc) is 2.89. The molecule has 3 rings (SSSR count). The van der Waals surface area contributed by atoms with E-state index >= 15 is 0 Å². The lowest BCUT2D eigenvalue weighted by Crippen LogP contribution is -2.41. The van der Waals surface area contributed by atoms with Crippen LogP contribution < -0.4 is 21.3 Å². The maximum Gasteiger partial charge on any atom is 0.490 e. The standard InChI is InChI=1S/C26H32N4O8.C2HF3O2/c1-26(2,3)28-10-17(32)29-14-9-15(30(4)5)12-6-11(8-16(31)18(12)22(14)35)7-13-20(33)23(36)19(25(27)38)24(37)21(13)34;3-2(4,5)1(6)7/h9,11,28,33,35,37H,6-8,10H2,1-5H3,(H2,27,38)(H,29,32);(H,6,7)/t11-;/m0./s1. The van der Waals surface area contributed by atoms with Crippen LogP contribution >= 0.6 is 0 Å². The van der Waals surface area contributed by atoms with Crippen molar-refractivity contribution in [1.82, 2.24) is 5.32 Å². The number of halogens is 3. The number of Topliss-reactive ketones (excluding diaryl/α,β-unsaturated/α-hetero) is 3. The van der Waals surface area contributed by atoms with Gasteiger partial charge in [0.1, 0.15) is 11.3 Å². The van der Waals surface area contributed by atoms with Gasteiger partial charge in [0.15, 0.2) is 17.3 Å². The number of ketones is 3. The summed E-state index contributed by atoms with van der Waals surface area (Å²) in [5.74, 6) is -10.5. The first kappa shape index (κ1) is 36.3. The third-order valence-corrected chi connectivity index (χ3v) is 6.60. The number of benzene rings is 1. The third-order valence-electron chi connectivity index (χ3n) is 6.60. The first-order valence-electron chi connectivity index (χ1n) is 13.2. The maximum absolute atomic E-state index is 13.2. The van der Waals surface area contributed by atoms with E-state index in [1.165, 1.54) is 0 Å². The Balaban J connectivity index is 0.000000900. The number of amides is 2. The largest absolute Gasteiger partial charge is 0.505 e. The molecule has 45 heavy (non-hydrogen) atoms. The normalized spacial score (nSPS) is 17.0. The van der Waals surface area contributed by atoms with E-state index in [0.29, 0.717) is 11.3 Å². The van der Waals surface area contributed by atoms with E-state index in [1.807, 2.05) is 20.8 Å². The molecule has 2 amide bonds. The van der Waals surface area contributed by atoms with Crippen molar-refractivity contribution in [3.8, 4) is 5.75 Å². The molecule has 1 atom stereocenters. The first-order chi connectivity index (χ1) is 20.5. The van der Waals surface area contributed by atoms with Crippen molar-refractivity contribution < 1.29 is 62.4 Å². The number of carboxylic acids is 1. The number of fused-ring (bicyclic) bond motifs is 1. The minimum Gasteiger partial charge on any atom is -0.505 e. The van der Waals surface area contributed by atoms with E-state index in [1.54, 1.807) is 25.1 Å². The van der Waals surface area contributed by atoms with Gasteiger partial charge in [-0.15, -0.1) is 0 Å². The van der Waals surface area contributed by atoms with Gasteiger partial charge in [0, 0.05) is 37.3 Å². The van der Waals surface area contributed by atoms with Gasteiger partial charge < -0.3 is 41.7 Å². The van der Waals surface area contributed by atoms with Crippen LogP contribution in [-0.2, 0) is 30.4 Å². The second-order valence-corrected chi connectivity index (χ2v) is 11.5. The van der Waals surface area contributed by atoms with Gasteiger partial charge in [-0.05, 0) is 51.2 Å². The Morgan fingerprint density at radius 3 is 2.02 bits per heavy atom. The molecule has 2 aliphatic rings. The molecule has 17 heteroatoms. The number of nitrogens with zero attached hydrogens (tertiary/aromatic N) is 1. The van der Waals surface area contributed by atoms with Gasteiger partial charge in [0.05, 0.1) is 17.8 Å². The van der Waals surface area contributed by atoms with Crippen LogP contribution in [0.4, 0.5) is 24.5 Å². The predicted octanol–water partition coefficient (Wildman–Crippen LogP) is 1.81. The van der Waals surface area contributed by atoms with Crippen molar-refractivity contribution in [3.05, 3.63) is 39.9 Å². The second kappa shape index (κ2) is 13.4. The molecular weight excluding hydrogens is 609 g/mol. The molecule has 0 saturated carbocycles. The number of allylic oxidation sites excluding steroid dienone is 2. The van der Waals surface area contributed by atoms with Crippen molar-refractivity contribution in [2.45, 2.75) is 51.7 Å². The van der Waals surface area contributed by atoms with Crippen LogP contribution in [0.1, 0.15) is 49.5 Å². The molecule has 0 spiro atoms. The molecule has 14 nitrogen and oxygen atoms in total. The van der Waals surface area contributed by atoms with Crippen molar-refractivity contribution in [1.29, 1.82) is 0 Å². The summed E-state index contributed by atoms with van der Waals surface area (Å²) >= 11 is 0. The molecule has 0 saturated heterocycles. The Morgan fingerprint density at radius 2 is 1.56 bits per heavy atom. The summed E-state index contributed by atoms with van der Waals surface area (Å²) in [4.78, 5) is 72.7. The SMILES string of the molecule is CN(C)c1cc(NC(=O)CNC(C)(C)C)c(O)c2c1C[C@@H](CC1=C(O)C(=O)C(C(N)=O)=C(O)C1=O)CC2=O.O=C(O)C(F)(F)F. The van der Waals surface area contributed by atoms with Gasteiger partial charge in [-0.1, -0.05) is 0 Å². The number of phenolic OH excluding ortho intramolecular Hbond substituents is 1. The zero-order chi connectivity index (χ0) is 34.8. The summed E-state index contributed by atoms with van der Waals surface area (Å²) in [6, 6.07) is 1.54. The van der Waals surface area contributed by atoms with E-state index in [9.17, 15) is 52.5 Å². The summed E-state index contributed by atoms with van der Waals surface area (Å²) in [5.41, 5.74) is 4.43. The number of aliphatic hydroxyl groups excluding tert-OH is 2. The number of carboxylic acid groups (broad SMARTS) is 1. The maximum atomic E-state index is 13.2. The molecular formula is C28H33F3N4O10. The minimum atomic E-state index is -5.08. The Kier molecular flexibility index (Phi) is 10.8. The highest BCUT2D eigenvalue weighted by Gasteiger charge is 2.40. The second-order valence-electron chi connectivity index (χ2n) is 11.5. The number of nitrogens with two attached hydrogens (primary N) is 1. The molecule has 0 bridgehead atoms. The van der Waals surface area contributed by atoms with Gasteiger partial charge in [0.25, 0.3) is 5.91 Å². The summed E-state index contributed by atoms with van der Waals surface area (Å²) in [5, 5.41) is 44.1. The highest BCUT2D eigenvalue weighted by molar-refractivity contribution is 6.33. The van der Waals surface area contributed by atoms with Crippen molar-refractivity contribution in [2.75, 3.05) is 30.9 Å². The van der Waals surface area contributed by atoms with Gasteiger partial charge in [0.2, 0.25) is 17.5 Å². The van der Waals surface area contributed by atoms with Crippen molar-refractivity contribution in [2.24, 2.45) is 11.7 Å². The molecule has 0 fully saturated rings. The zero-order valence-corrected chi connectivity index (χ0v) is 24.9. The third kappa shape index (κ3) is 8.59. The number of aliphatic hydroxyl groups is 2. The number of aliphatic carboxylic acids is 1. The number of alkyl halides is 3. The number of carbonyl (C=O) groups excluding carboxylic acids is 5. The first-order valence-corrected chi connectivity index (χ1v) is 13.2. The molecule has 246 valence electrons. The minimum absolute atomic E-state index is 0.0164. The fraction of sp³-hybridized carbons (Fsp3) is 0.429. The quantitative estimate of drug-likeness (QED) is 0.128. The number of hydrogen-bond acceptors (Lipinski definition) is 11. The van der Waals surface area contributed by atoms with Crippen molar-refractivity contribution in [3.63, 3.8) is 0 Å². The number of phenols is 1. The highest BCUT2D eigenvalue weighted by Crippen LogP contribution is 2.44. The smallest absolute Gasteiger partial charge is 0.490 e. The number of carbonyl (C=O) groups is 6. The van der Waals surface area contributed by atoms with Crippen LogP contribution in [0.3, 0.4) is 0 Å². The molecule has 1 aromatic carbocycles. The zero-order valence-electron chi connectivity index (χ0n) is 24.9. The van der Waals surface area contributed by atoms with E-state index in [2.05, 4.69) is 10.6 Å². The van der Waals surface area contributed by atoms with Gasteiger partial charge in [-0.25, -0.2) is 4.79 Å². The van der Waals surface area contributed by atoms with E-state index < -0.39 is 69.9 Å². The van der Waals surface area contributed by atoms with Crippen LogP contribution in [-0.4, -0.2) is 87.9 Å². The summed E-state index contributed by atoms with van der Waals surface area (Å²) < 4.78 is 31.7. The van der Waals surface area contributed by atoms with Gasteiger partial charge in [-0.2, -0.15) is 13.2 Å². The molecule has 0 aromatic heterocycles. The topological polar surface area (TPSA) is 237 Å². The monoisotopic (exact) mass is 642 g/mol. The van der Waals surface area contributed by atoms with E-state index in [4.69, 9.17) is 15.6 Å². The Labute approximate surface area is 254 Å². The summed E-state index contributed by atoms with van der Waals surface area (Å²) in [7, 11) is 3.44. The number of anilines is 2. The summed E-state index contributed by atoms with van der Waals surface area (Å²) in [6.45, 7) is 5.68. The van der Waals surface area contributed by atoms with Crippen LogP contribution in [0.2, 0.25) is 0 Å². The van der Waals surface area contributed by atoms with Gasteiger partial charge >= 0.3 is 12.1 Å². The lowest BCUT2D eigenvalue weighted by Gasteiger charge is -2.30. The van der Waals surface area contributed by atoms with Crippen LogP contribution in [0, 0.1) is 5.92 Å². The van der Waals surface area contributed by atoms with Crippen molar-refractivity contribution >= 4 is 46.5 Å². The molecule has 1 aromatic rings. The predicted molar refractivity (Wildman–Crippen MR) is 152 cm³/mol. The molecule has 0 heterocycles. The molecule has 2 aliphatic carbocycles. The number of hydrogen-bond donors (Lipinski definition) is 7. The summed E-state index contributed by atoms with van der Waals surface area (Å²) in [6.07, 6.45) is -5.31. The lowest BCUT2D eigenvalue weighted by atomic mass is 9.76. The van der Waals surface area contributed by atoms with Crippen LogP contribution in [0.5, 0.6) is 5.75 Å². The highest BCUT2D eigenvalue weighted by atomic mass is 19.4. The number of nitrogens with one attached hydrogen (secondary N) is 2. The molecule has 0 radical (unpaired) electrons.